The fraction of sp³-hybridized carbons (Fsp3) is 0.188. The molecule has 4 heteroatoms. The Hall–Kier alpha value is -1.65. The minimum absolute atomic E-state index is 0.762. The zero-order chi connectivity index (χ0) is 13.9. The summed E-state index contributed by atoms with van der Waals surface area (Å²) in [5.41, 5.74) is 3.09. The van der Waals surface area contributed by atoms with Gasteiger partial charge in [-0.2, -0.15) is 0 Å². The topological polar surface area (TPSA) is 29.3 Å². The summed E-state index contributed by atoms with van der Waals surface area (Å²) in [4.78, 5) is 2.23. The fourth-order valence-electron chi connectivity index (χ4n) is 2.28. The first-order valence-electron chi connectivity index (χ1n) is 6.49. The summed E-state index contributed by atoms with van der Waals surface area (Å²) in [6.45, 7) is 1.63. The Kier molecular flexibility index (Phi) is 3.85. The molecule has 1 aromatic heterocycles. The Bertz CT molecular complexity index is 723. The molecular weight excluding hydrogens is 316 g/mol. The van der Waals surface area contributed by atoms with E-state index in [2.05, 4.69) is 51.2 Å². The van der Waals surface area contributed by atoms with Gasteiger partial charge in [-0.15, -0.1) is 0 Å². The summed E-state index contributed by atoms with van der Waals surface area (Å²) in [6, 6.07) is 16.2. The standard InChI is InChI=1S/C16H15BrN2O/c1-19(10-12-6-2-4-8-14(12)17)11-15-13-7-3-5-9-16(13)20-18-15/h2-9H,10-11H2,1H3. The smallest absolute Gasteiger partial charge is 0.167 e. The lowest BCUT2D eigenvalue weighted by Gasteiger charge is -2.16. The highest BCUT2D eigenvalue weighted by molar-refractivity contribution is 9.10. The van der Waals surface area contributed by atoms with E-state index >= 15 is 0 Å². The van der Waals surface area contributed by atoms with Crippen LogP contribution < -0.4 is 0 Å². The highest BCUT2D eigenvalue weighted by atomic mass is 79.9. The zero-order valence-corrected chi connectivity index (χ0v) is 12.8. The van der Waals surface area contributed by atoms with E-state index in [-0.39, 0.29) is 0 Å². The minimum atomic E-state index is 0.762. The van der Waals surface area contributed by atoms with Crippen LogP contribution in [0.15, 0.2) is 57.5 Å². The molecule has 3 rings (SSSR count). The Labute approximate surface area is 126 Å². The molecule has 0 fully saturated rings. The number of nitrogens with zero attached hydrogens (tertiary/aromatic N) is 2. The monoisotopic (exact) mass is 330 g/mol. The SMILES string of the molecule is CN(Cc1ccccc1Br)Cc1noc2ccccc12. The van der Waals surface area contributed by atoms with Crippen LogP contribution in [-0.2, 0) is 13.1 Å². The van der Waals surface area contributed by atoms with Crippen molar-refractivity contribution in [2.24, 2.45) is 0 Å². The molecule has 0 saturated heterocycles. The van der Waals surface area contributed by atoms with Gasteiger partial charge in [0.05, 0.1) is 0 Å². The van der Waals surface area contributed by atoms with Crippen LogP contribution in [0.5, 0.6) is 0 Å². The third-order valence-electron chi connectivity index (χ3n) is 3.27. The van der Waals surface area contributed by atoms with Gasteiger partial charge in [0.1, 0.15) is 5.69 Å². The van der Waals surface area contributed by atoms with Crippen LogP contribution in [0.3, 0.4) is 0 Å². The van der Waals surface area contributed by atoms with Crippen LogP contribution in [0.25, 0.3) is 11.0 Å². The summed E-state index contributed by atoms with van der Waals surface area (Å²) in [6.07, 6.45) is 0. The van der Waals surface area contributed by atoms with E-state index in [1.165, 1.54) is 5.56 Å². The van der Waals surface area contributed by atoms with Crippen LogP contribution in [0, 0.1) is 0 Å². The molecule has 0 radical (unpaired) electrons. The number of aromatic nitrogens is 1. The Balaban J connectivity index is 1.76. The molecule has 0 spiro atoms. The Morgan fingerprint density at radius 2 is 1.80 bits per heavy atom. The van der Waals surface area contributed by atoms with E-state index in [9.17, 15) is 0 Å². The first-order valence-corrected chi connectivity index (χ1v) is 7.28. The van der Waals surface area contributed by atoms with Gasteiger partial charge in [-0.05, 0) is 30.8 Å². The van der Waals surface area contributed by atoms with Crippen LogP contribution in [0.4, 0.5) is 0 Å². The first-order chi connectivity index (χ1) is 9.74. The molecule has 3 nitrogen and oxygen atoms in total. The van der Waals surface area contributed by atoms with Crippen molar-refractivity contribution in [3.8, 4) is 0 Å². The van der Waals surface area contributed by atoms with E-state index in [0.717, 1.165) is 34.2 Å². The van der Waals surface area contributed by atoms with Crippen molar-refractivity contribution in [1.82, 2.24) is 10.1 Å². The third kappa shape index (κ3) is 2.76. The second-order valence-electron chi connectivity index (χ2n) is 4.89. The minimum Gasteiger partial charge on any atom is -0.356 e. The summed E-state index contributed by atoms with van der Waals surface area (Å²) < 4.78 is 6.47. The molecule has 3 aromatic rings. The molecule has 0 amide bonds. The molecule has 0 unspecified atom stereocenters. The number of hydrogen-bond donors (Lipinski definition) is 0. The third-order valence-corrected chi connectivity index (χ3v) is 4.04. The molecule has 0 atom stereocenters. The molecule has 0 bridgehead atoms. The fourth-order valence-corrected chi connectivity index (χ4v) is 2.69. The van der Waals surface area contributed by atoms with Crippen molar-refractivity contribution in [3.05, 3.63) is 64.3 Å². The lowest BCUT2D eigenvalue weighted by atomic mass is 10.2. The lowest BCUT2D eigenvalue weighted by molar-refractivity contribution is 0.306. The van der Waals surface area contributed by atoms with Gasteiger partial charge in [-0.1, -0.05) is 51.4 Å². The maximum absolute atomic E-state index is 5.34. The van der Waals surface area contributed by atoms with Gasteiger partial charge in [0.2, 0.25) is 0 Å². The van der Waals surface area contributed by atoms with Gasteiger partial charge < -0.3 is 4.52 Å². The Morgan fingerprint density at radius 3 is 2.65 bits per heavy atom. The van der Waals surface area contributed by atoms with Crippen molar-refractivity contribution in [2.45, 2.75) is 13.1 Å². The van der Waals surface area contributed by atoms with E-state index < -0.39 is 0 Å². The van der Waals surface area contributed by atoms with Crippen LogP contribution in [0.1, 0.15) is 11.3 Å². The van der Waals surface area contributed by atoms with Crippen LogP contribution >= 0.6 is 15.9 Å². The maximum atomic E-state index is 5.34. The normalized spacial score (nSPS) is 11.3. The molecule has 0 N–H and O–H groups in total. The Morgan fingerprint density at radius 1 is 1.05 bits per heavy atom. The van der Waals surface area contributed by atoms with Gasteiger partial charge in [0.15, 0.2) is 5.58 Å². The predicted octanol–water partition coefficient (Wildman–Crippen LogP) is 4.22. The molecular formula is C16H15BrN2O. The second-order valence-corrected chi connectivity index (χ2v) is 5.74. The van der Waals surface area contributed by atoms with Crippen molar-refractivity contribution in [3.63, 3.8) is 0 Å². The highest BCUT2D eigenvalue weighted by Gasteiger charge is 2.11. The largest absolute Gasteiger partial charge is 0.356 e. The van der Waals surface area contributed by atoms with Crippen LogP contribution in [-0.4, -0.2) is 17.1 Å². The first kappa shape index (κ1) is 13.3. The van der Waals surface area contributed by atoms with E-state index in [1.807, 2.05) is 30.3 Å². The van der Waals surface area contributed by atoms with Gasteiger partial charge in [0.25, 0.3) is 0 Å². The number of fused-ring (bicyclic) bond motifs is 1. The number of hydrogen-bond acceptors (Lipinski definition) is 3. The number of rotatable bonds is 4. The number of para-hydroxylation sites is 1. The van der Waals surface area contributed by atoms with Gasteiger partial charge in [-0.25, -0.2) is 0 Å². The zero-order valence-electron chi connectivity index (χ0n) is 11.2. The summed E-state index contributed by atoms with van der Waals surface area (Å²) >= 11 is 3.58. The highest BCUT2D eigenvalue weighted by Crippen LogP contribution is 2.21. The maximum Gasteiger partial charge on any atom is 0.167 e. The number of benzene rings is 2. The van der Waals surface area contributed by atoms with Crippen LogP contribution in [0.2, 0.25) is 0 Å². The number of halogens is 1. The quantitative estimate of drug-likeness (QED) is 0.717. The molecule has 20 heavy (non-hydrogen) atoms. The van der Waals surface area contributed by atoms with E-state index in [1.54, 1.807) is 0 Å². The van der Waals surface area contributed by atoms with Crippen molar-refractivity contribution in [1.29, 1.82) is 0 Å². The van der Waals surface area contributed by atoms with Gasteiger partial charge in [0, 0.05) is 22.9 Å². The summed E-state index contributed by atoms with van der Waals surface area (Å²) in [5, 5.41) is 5.26. The lowest BCUT2D eigenvalue weighted by Crippen LogP contribution is -2.17. The molecule has 0 aliphatic rings. The average Bonchev–Trinajstić information content (AvgIpc) is 2.85. The molecule has 2 aromatic carbocycles. The van der Waals surface area contributed by atoms with Crippen molar-refractivity contribution < 1.29 is 4.52 Å². The molecule has 1 heterocycles. The van der Waals surface area contributed by atoms with Crippen molar-refractivity contribution in [2.75, 3.05) is 7.05 Å². The second kappa shape index (κ2) is 5.77. The van der Waals surface area contributed by atoms with Gasteiger partial charge in [-0.3, -0.25) is 4.90 Å². The van der Waals surface area contributed by atoms with Crippen molar-refractivity contribution >= 4 is 26.9 Å². The van der Waals surface area contributed by atoms with E-state index in [0.29, 0.717) is 0 Å². The molecule has 0 saturated carbocycles. The van der Waals surface area contributed by atoms with Gasteiger partial charge >= 0.3 is 0 Å². The molecule has 0 aliphatic heterocycles. The average molecular weight is 331 g/mol. The van der Waals surface area contributed by atoms with E-state index in [4.69, 9.17) is 4.52 Å². The summed E-state index contributed by atoms with van der Waals surface area (Å²) in [5.74, 6) is 0. The predicted molar refractivity (Wildman–Crippen MR) is 83.3 cm³/mol. The summed E-state index contributed by atoms with van der Waals surface area (Å²) in [7, 11) is 2.09. The molecule has 102 valence electrons. The molecule has 0 aliphatic carbocycles.